The molecule has 19 heavy (non-hydrogen) atoms. The first-order chi connectivity index (χ1) is 8.55. The minimum Gasteiger partial charge on any atom is -0.214 e. The van der Waals surface area contributed by atoms with E-state index in [-0.39, 0.29) is 22.4 Å². The Kier molecular flexibility index (Phi) is 16.1. The topological polar surface area (TPSA) is 0 Å². The van der Waals surface area contributed by atoms with Crippen LogP contribution in [0.1, 0.15) is 27.7 Å². The van der Waals surface area contributed by atoms with Gasteiger partial charge in [0.1, 0.15) is 0 Å². The molecule has 0 amide bonds. The van der Waals surface area contributed by atoms with Gasteiger partial charge in [0.15, 0.2) is 8.11 Å². The van der Waals surface area contributed by atoms with Crippen LogP contribution in [0.3, 0.4) is 0 Å². The molecule has 0 aliphatic rings. The molecule has 0 aliphatic heterocycles. The van der Waals surface area contributed by atoms with E-state index in [9.17, 15) is 0 Å². The first-order valence-electron chi connectivity index (χ1n) is 6.41. The summed E-state index contributed by atoms with van der Waals surface area (Å²) in [6, 6.07) is 20.0. The summed E-state index contributed by atoms with van der Waals surface area (Å²) in [6.07, 6.45) is 0. The van der Waals surface area contributed by atoms with Gasteiger partial charge in [0.2, 0.25) is 0 Å². The summed E-state index contributed by atoms with van der Waals surface area (Å²) in [5.74, 6) is 0. The zero-order chi connectivity index (χ0) is 13.8. The van der Waals surface area contributed by atoms with E-state index in [0.29, 0.717) is 11.1 Å². The molecule has 0 heterocycles. The molecule has 0 saturated carbocycles. The number of halogens is 1. The SMILES string of the molecule is CC(C)[Si](Cl)C(C)C.[NbH2].c1cc[cH-]c1.c1cc[cH-]c1. The van der Waals surface area contributed by atoms with Crippen molar-refractivity contribution in [2.75, 3.05) is 0 Å². The second-order valence-corrected chi connectivity index (χ2v) is 9.01. The van der Waals surface area contributed by atoms with Gasteiger partial charge in [0, 0.05) is 0 Å². The molecule has 0 aliphatic carbocycles. The van der Waals surface area contributed by atoms with Gasteiger partial charge < -0.3 is 0 Å². The Bertz CT molecular complexity index is 259. The normalized spacial score (nSPS) is 9.26. The maximum atomic E-state index is 6.05. The predicted molar refractivity (Wildman–Crippen MR) is 88.7 cm³/mol. The van der Waals surface area contributed by atoms with Crippen molar-refractivity contribution < 1.29 is 22.4 Å². The van der Waals surface area contributed by atoms with Crippen molar-refractivity contribution >= 4 is 19.2 Å². The van der Waals surface area contributed by atoms with Gasteiger partial charge in [-0.15, -0.1) is 0 Å². The molecular weight excluding hydrogens is 349 g/mol. The number of rotatable bonds is 2. The molecule has 2 aromatic rings. The summed E-state index contributed by atoms with van der Waals surface area (Å²) in [5, 5.41) is 0. The van der Waals surface area contributed by atoms with Crippen molar-refractivity contribution in [2.24, 2.45) is 0 Å². The summed E-state index contributed by atoms with van der Waals surface area (Å²) in [4.78, 5) is 0. The standard InChI is InChI=1S/C6H14ClSi.2C5H5.Nb.2H/c1-5(2)8(7)6(3)4;2*1-2-4-5-3-1;;;/h5-6H,1-4H3;2*1-5H;;;/q;2*-1;;;. The predicted octanol–water partition coefficient (Wildman–Crippen LogP) is 5.31. The Balaban J connectivity index is 0. The van der Waals surface area contributed by atoms with Crippen LogP contribution in [0.4, 0.5) is 0 Å². The van der Waals surface area contributed by atoms with Gasteiger partial charge in [-0.05, 0) is 11.1 Å². The van der Waals surface area contributed by atoms with E-state index in [2.05, 4.69) is 27.7 Å². The average molecular weight is 375 g/mol. The molecule has 0 spiro atoms. The van der Waals surface area contributed by atoms with E-state index < -0.39 is 8.11 Å². The Hall–Kier alpha value is -0.0529. The molecule has 2 rings (SSSR count). The third kappa shape index (κ3) is 14.2. The van der Waals surface area contributed by atoms with Crippen LogP contribution in [0.25, 0.3) is 0 Å². The minimum atomic E-state index is -0.551. The van der Waals surface area contributed by atoms with E-state index in [1.54, 1.807) is 0 Å². The van der Waals surface area contributed by atoms with Crippen molar-refractivity contribution in [3.05, 3.63) is 60.7 Å². The van der Waals surface area contributed by atoms with Crippen molar-refractivity contribution in [2.45, 2.75) is 38.8 Å². The maximum absolute atomic E-state index is 6.05. The molecular formula is C16H26ClNbSi-2. The van der Waals surface area contributed by atoms with Crippen LogP contribution in [0.5, 0.6) is 0 Å². The zero-order valence-corrected chi connectivity index (χ0v) is 17.0. The molecule has 2 aromatic carbocycles. The van der Waals surface area contributed by atoms with Crippen LogP contribution in [0.15, 0.2) is 60.7 Å². The molecule has 0 atom stereocenters. The summed E-state index contributed by atoms with van der Waals surface area (Å²) in [5.41, 5.74) is 1.42. The van der Waals surface area contributed by atoms with Gasteiger partial charge >= 0.3 is 22.4 Å². The van der Waals surface area contributed by atoms with E-state index in [1.165, 1.54) is 0 Å². The van der Waals surface area contributed by atoms with Crippen molar-refractivity contribution in [1.29, 1.82) is 0 Å². The van der Waals surface area contributed by atoms with E-state index in [0.717, 1.165) is 0 Å². The van der Waals surface area contributed by atoms with E-state index in [1.807, 2.05) is 60.7 Å². The Morgan fingerprint density at radius 2 is 1.00 bits per heavy atom. The molecule has 2 radical (unpaired) electrons. The molecule has 0 saturated heterocycles. The van der Waals surface area contributed by atoms with Gasteiger partial charge in [-0.3, -0.25) is 0 Å². The minimum absolute atomic E-state index is 0. The first-order valence-corrected chi connectivity index (χ1v) is 9.08. The second-order valence-electron chi connectivity index (χ2n) is 4.62. The smallest absolute Gasteiger partial charge is 0.172 e. The monoisotopic (exact) mass is 374 g/mol. The molecule has 108 valence electrons. The van der Waals surface area contributed by atoms with Gasteiger partial charge in [-0.2, -0.15) is 47.5 Å². The Morgan fingerprint density at radius 1 is 0.737 bits per heavy atom. The van der Waals surface area contributed by atoms with Crippen LogP contribution < -0.4 is 0 Å². The molecule has 0 nitrogen and oxygen atoms in total. The van der Waals surface area contributed by atoms with Gasteiger partial charge in [0.25, 0.3) is 0 Å². The number of hydrogen-bond donors (Lipinski definition) is 0. The third-order valence-electron chi connectivity index (χ3n) is 2.21. The van der Waals surface area contributed by atoms with Crippen LogP contribution in [-0.4, -0.2) is 8.11 Å². The zero-order valence-electron chi connectivity index (χ0n) is 12.4. The van der Waals surface area contributed by atoms with Crippen LogP contribution in [-0.2, 0) is 22.4 Å². The van der Waals surface area contributed by atoms with Gasteiger partial charge in [-0.25, -0.2) is 24.3 Å². The summed E-state index contributed by atoms with van der Waals surface area (Å²) >= 11 is 6.05. The maximum Gasteiger partial charge on any atom is -0.172 e. The average Bonchev–Trinajstić information content (AvgIpc) is 3.05. The fourth-order valence-electron chi connectivity index (χ4n) is 1.31. The van der Waals surface area contributed by atoms with Crippen molar-refractivity contribution in [3.63, 3.8) is 0 Å². The summed E-state index contributed by atoms with van der Waals surface area (Å²) < 4.78 is 0. The third-order valence-corrected chi connectivity index (χ3v) is 7.04. The summed E-state index contributed by atoms with van der Waals surface area (Å²) in [6.45, 7) is 8.78. The summed E-state index contributed by atoms with van der Waals surface area (Å²) in [7, 11) is -0.551. The number of hydrogen-bond acceptors (Lipinski definition) is 0. The molecule has 0 bridgehead atoms. The molecule has 3 heteroatoms. The molecule has 0 N–H and O–H groups in total. The van der Waals surface area contributed by atoms with E-state index >= 15 is 0 Å². The van der Waals surface area contributed by atoms with Crippen molar-refractivity contribution in [3.8, 4) is 0 Å². The van der Waals surface area contributed by atoms with Gasteiger partial charge in [-0.1, -0.05) is 27.7 Å². The molecule has 0 fully saturated rings. The van der Waals surface area contributed by atoms with Crippen LogP contribution >= 0.6 is 11.1 Å². The fourth-order valence-corrected chi connectivity index (χ4v) is 2.64. The fraction of sp³-hybridized carbons (Fsp3) is 0.375. The largest absolute Gasteiger partial charge is 0.214 e. The van der Waals surface area contributed by atoms with Gasteiger partial charge in [0.05, 0.1) is 0 Å². The first kappa shape index (κ1) is 21.2. The van der Waals surface area contributed by atoms with E-state index in [4.69, 9.17) is 11.1 Å². The second kappa shape index (κ2) is 14.4. The Morgan fingerprint density at radius 3 is 1.05 bits per heavy atom. The molecule has 0 aromatic heterocycles. The molecule has 0 unspecified atom stereocenters. The quantitative estimate of drug-likeness (QED) is 0.379. The van der Waals surface area contributed by atoms with Crippen molar-refractivity contribution in [1.82, 2.24) is 0 Å². The Labute approximate surface area is 140 Å². The van der Waals surface area contributed by atoms with Crippen LogP contribution in [0, 0.1) is 0 Å². The van der Waals surface area contributed by atoms with Crippen LogP contribution in [0.2, 0.25) is 11.1 Å².